The minimum absolute atomic E-state index is 0.0152. The van der Waals surface area contributed by atoms with Crippen molar-refractivity contribution in [3.63, 3.8) is 0 Å². The van der Waals surface area contributed by atoms with Crippen LogP contribution in [-0.4, -0.2) is 47.2 Å². The Bertz CT molecular complexity index is 611. The molecule has 1 rings (SSSR count). The Morgan fingerprint density at radius 1 is 1.45 bits per heavy atom. The number of nitrogens with zero attached hydrogens (tertiary/aromatic N) is 1. The molecule has 0 fully saturated rings. The third kappa shape index (κ3) is 3.65. The van der Waals surface area contributed by atoms with Crippen LogP contribution < -0.4 is 10.9 Å². The lowest BCUT2D eigenvalue weighted by atomic mass is 10.1. The number of nitrogens with one attached hydrogen (secondary N) is 2. The summed E-state index contributed by atoms with van der Waals surface area (Å²) in [7, 11) is 2.28. The van der Waals surface area contributed by atoms with Crippen molar-refractivity contribution in [1.82, 2.24) is 15.1 Å². The molecule has 11 heteroatoms. The third-order valence-electron chi connectivity index (χ3n) is 2.80. The summed E-state index contributed by atoms with van der Waals surface area (Å²) in [4.78, 5) is 34.3. The van der Waals surface area contributed by atoms with E-state index in [9.17, 15) is 31.9 Å². The van der Waals surface area contributed by atoms with E-state index < -0.39 is 42.2 Å². The van der Waals surface area contributed by atoms with E-state index in [0.717, 1.165) is 11.8 Å². The van der Waals surface area contributed by atoms with Crippen LogP contribution in [0.1, 0.15) is 5.56 Å². The van der Waals surface area contributed by atoms with Crippen LogP contribution in [0.2, 0.25) is 0 Å². The monoisotopic (exact) mass is 327 g/mol. The normalized spacial score (nSPS) is 13.0. The van der Waals surface area contributed by atoms with Crippen molar-refractivity contribution in [2.24, 2.45) is 7.05 Å². The van der Waals surface area contributed by atoms with Crippen molar-refractivity contribution in [3.8, 4) is 0 Å². The van der Waals surface area contributed by atoms with Gasteiger partial charge in [0.15, 0.2) is 0 Å². The Labute approximate surface area is 121 Å². The number of amides is 1. The van der Waals surface area contributed by atoms with E-state index in [1.807, 2.05) is 0 Å². The highest BCUT2D eigenvalue weighted by Gasteiger charge is 2.50. The number of halogens is 4. The molecule has 0 saturated carbocycles. The lowest BCUT2D eigenvalue weighted by Gasteiger charge is -2.19. The number of H-pyrrole nitrogens is 1. The summed E-state index contributed by atoms with van der Waals surface area (Å²) >= 11 is 0. The Morgan fingerprint density at radius 3 is 2.45 bits per heavy atom. The van der Waals surface area contributed by atoms with Crippen LogP contribution in [-0.2, 0) is 27.8 Å². The summed E-state index contributed by atoms with van der Waals surface area (Å²) in [6, 6.07) is -1.70. The highest BCUT2D eigenvalue weighted by molar-refractivity contribution is 5.89. The number of aromatic amines is 1. The van der Waals surface area contributed by atoms with Crippen molar-refractivity contribution >= 4 is 11.9 Å². The van der Waals surface area contributed by atoms with Crippen molar-refractivity contribution in [1.29, 1.82) is 0 Å². The van der Waals surface area contributed by atoms with Gasteiger partial charge in [-0.05, 0) is 0 Å². The summed E-state index contributed by atoms with van der Waals surface area (Å²) < 4.78 is 55.4. The summed E-state index contributed by atoms with van der Waals surface area (Å²) in [6.07, 6.45) is -3.53. The van der Waals surface area contributed by atoms with E-state index in [0.29, 0.717) is 0 Å². The van der Waals surface area contributed by atoms with Gasteiger partial charge in [0.1, 0.15) is 6.04 Å². The first kappa shape index (κ1) is 17.7. The van der Waals surface area contributed by atoms with E-state index in [4.69, 9.17) is 0 Å². The predicted octanol–water partition coefficient (Wildman–Crippen LogP) is -0.186. The van der Waals surface area contributed by atoms with Gasteiger partial charge in [0, 0.05) is 25.2 Å². The Morgan fingerprint density at radius 2 is 2.05 bits per heavy atom. The molecule has 7 nitrogen and oxygen atoms in total. The number of hydrogen-bond donors (Lipinski definition) is 2. The molecule has 0 aliphatic rings. The standard InChI is InChI=1S/C11H13F4N3O4/c1-18-7(19)5(4-16-18)3-6(8(20)22-2)17-10(21)11(14,15)9(12)13/h4,6,9,16H,3H2,1-2H3,(H,17,21)/t6-/m1/s1. The second-order valence-electron chi connectivity index (χ2n) is 4.34. The first-order chi connectivity index (χ1) is 10.1. The molecule has 0 saturated heterocycles. The molecule has 0 aliphatic heterocycles. The summed E-state index contributed by atoms with van der Waals surface area (Å²) in [6.45, 7) is 0. The maximum Gasteiger partial charge on any atom is 0.383 e. The average molecular weight is 327 g/mol. The van der Waals surface area contributed by atoms with Crippen molar-refractivity contribution in [2.75, 3.05) is 7.11 Å². The van der Waals surface area contributed by atoms with Crippen LogP contribution in [0.5, 0.6) is 0 Å². The number of aryl methyl sites for hydroxylation is 1. The van der Waals surface area contributed by atoms with Crippen LogP contribution in [0.3, 0.4) is 0 Å². The molecule has 0 bridgehead atoms. The number of esters is 1. The van der Waals surface area contributed by atoms with Gasteiger partial charge in [0.05, 0.1) is 7.11 Å². The minimum Gasteiger partial charge on any atom is -0.467 e. The minimum atomic E-state index is -4.96. The van der Waals surface area contributed by atoms with Crippen LogP contribution >= 0.6 is 0 Å². The molecule has 124 valence electrons. The lowest BCUT2D eigenvalue weighted by Crippen LogP contribution is -2.52. The molecule has 1 heterocycles. The molecule has 0 spiro atoms. The number of carbonyl (C=O) groups excluding carboxylic acids is 2. The number of alkyl halides is 4. The van der Waals surface area contributed by atoms with Crippen LogP contribution in [0.25, 0.3) is 0 Å². The van der Waals surface area contributed by atoms with Crippen molar-refractivity contribution in [2.45, 2.75) is 24.8 Å². The van der Waals surface area contributed by atoms with Crippen LogP contribution in [0.4, 0.5) is 17.6 Å². The maximum absolute atomic E-state index is 12.9. The second-order valence-corrected chi connectivity index (χ2v) is 4.34. The SMILES string of the molecule is COC(=O)[C@@H](Cc1c[nH]n(C)c1=O)NC(=O)C(F)(F)C(F)F. The van der Waals surface area contributed by atoms with E-state index >= 15 is 0 Å². The molecule has 0 aromatic carbocycles. The third-order valence-corrected chi connectivity index (χ3v) is 2.80. The first-order valence-electron chi connectivity index (χ1n) is 5.89. The number of rotatable bonds is 6. The number of ether oxygens (including phenoxy) is 1. The van der Waals surface area contributed by atoms with E-state index in [2.05, 4.69) is 9.84 Å². The molecule has 1 aromatic rings. The molecule has 1 atom stereocenters. The summed E-state index contributed by atoms with van der Waals surface area (Å²) in [5, 5.41) is 3.94. The van der Waals surface area contributed by atoms with Gasteiger partial charge in [-0.3, -0.25) is 14.3 Å². The number of carbonyl (C=O) groups is 2. The van der Waals surface area contributed by atoms with E-state index in [1.54, 1.807) is 0 Å². The molecule has 0 unspecified atom stereocenters. The second kappa shape index (κ2) is 6.62. The highest BCUT2D eigenvalue weighted by atomic mass is 19.3. The average Bonchev–Trinajstić information content (AvgIpc) is 2.77. The number of methoxy groups -OCH3 is 1. The lowest BCUT2D eigenvalue weighted by molar-refractivity contribution is -0.171. The van der Waals surface area contributed by atoms with Crippen molar-refractivity contribution in [3.05, 3.63) is 22.1 Å². The quantitative estimate of drug-likeness (QED) is 0.560. The van der Waals surface area contributed by atoms with Crippen LogP contribution in [0.15, 0.2) is 11.0 Å². The fraction of sp³-hybridized carbons (Fsp3) is 0.545. The van der Waals surface area contributed by atoms with Crippen LogP contribution in [0, 0.1) is 0 Å². The molecule has 0 radical (unpaired) electrons. The number of hydrogen-bond acceptors (Lipinski definition) is 4. The molecular formula is C11H13F4N3O4. The van der Waals surface area contributed by atoms with Gasteiger partial charge >= 0.3 is 18.3 Å². The molecule has 22 heavy (non-hydrogen) atoms. The Hall–Kier alpha value is -2.33. The van der Waals surface area contributed by atoms with Gasteiger partial charge in [-0.25, -0.2) is 13.6 Å². The molecule has 1 amide bonds. The highest BCUT2D eigenvalue weighted by Crippen LogP contribution is 2.23. The molecule has 0 aliphatic carbocycles. The van der Waals surface area contributed by atoms with Gasteiger partial charge in [-0.1, -0.05) is 0 Å². The van der Waals surface area contributed by atoms with Crippen molar-refractivity contribution < 1.29 is 31.9 Å². The molecule has 2 N–H and O–H groups in total. The fourth-order valence-corrected chi connectivity index (χ4v) is 1.57. The van der Waals surface area contributed by atoms with Gasteiger partial charge in [0.25, 0.3) is 11.5 Å². The summed E-state index contributed by atoms with van der Waals surface area (Å²) in [5.74, 6) is -8.44. The molecule has 1 aromatic heterocycles. The Kier molecular flexibility index (Phi) is 5.33. The Balaban J connectivity index is 2.96. The topological polar surface area (TPSA) is 93.2 Å². The predicted molar refractivity (Wildman–Crippen MR) is 64.6 cm³/mol. The zero-order chi connectivity index (χ0) is 17.1. The fourth-order valence-electron chi connectivity index (χ4n) is 1.57. The van der Waals surface area contributed by atoms with Gasteiger partial charge in [-0.15, -0.1) is 0 Å². The summed E-state index contributed by atoms with van der Waals surface area (Å²) in [5.41, 5.74) is -0.581. The van der Waals surface area contributed by atoms with E-state index in [-0.39, 0.29) is 5.56 Å². The first-order valence-corrected chi connectivity index (χ1v) is 5.89. The zero-order valence-corrected chi connectivity index (χ0v) is 11.5. The molecular weight excluding hydrogens is 314 g/mol. The maximum atomic E-state index is 12.9. The number of aromatic nitrogens is 2. The zero-order valence-electron chi connectivity index (χ0n) is 11.5. The van der Waals surface area contributed by atoms with Gasteiger partial charge in [-0.2, -0.15) is 8.78 Å². The van der Waals surface area contributed by atoms with E-state index in [1.165, 1.54) is 18.6 Å². The largest absolute Gasteiger partial charge is 0.467 e. The van der Waals surface area contributed by atoms with Gasteiger partial charge in [0.2, 0.25) is 0 Å². The van der Waals surface area contributed by atoms with Gasteiger partial charge < -0.3 is 15.2 Å². The smallest absolute Gasteiger partial charge is 0.383 e.